The van der Waals surface area contributed by atoms with Gasteiger partial charge in [-0.3, -0.25) is 4.79 Å². The zero-order valence-electron chi connectivity index (χ0n) is 19.2. The van der Waals surface area contributed by atoms with Crippen molar-refractivity contribution in [2.45, 2.75) is 73.2 Å². The molecule has 0 atom stereocenters. The first-order valence-corrected chi connectivity index (χ1v) is 13.0. The molecule has 0 aromatic rings. The number of carbonyl (C=O) groups is 1. The highest BCUT2D eigenvalue weighted by atomic mass is 32.2. The van der Waals surface area contributed by atoms with Gasteiger partial charge < -0.3 is 4.55 Å². The van der Waals surface area contributed by atoms with Crippen molar-refractivity contribution in [2.75, 3.05) is 18.3 Å². The number of halogens is 17. The topological polar surface area (TPSA) is 74.3 Å². The Morgan fingerprint density at radius 3 is 1.21 bits per heavy atom. The van der Waals surface area contributed by atoms with Crippen molar-refractivity contribution in [3.63, 3.8) is 0 Å². The molecule has 0 heterocycles. The molecule has 0 radical (unpaired) electrons. The molecule has 0 saturated carbocycles. The minimum absolute atomic E-state index is 0.301. The molecule has 0 bridgehead atoms. The van der Waals surface area contributed by atoms with E-state index >= 15 is 0 Å². The van der Waals surface area contributed by atoms with Crippen LogP contribution in [0.3, 0.4) is 0 Å². The first kappa shape index (κ1) is 39.9. The highest BCUT2D eigenvalue weighted by molar-refractivity contribution is 7.96. The summed E-state index contributed by atoms with van der Waals surface area (Å²) < 4.78 is 244. The lowest BCUT2D eigenvalue weighted by atomic mass is 9.91. The van der Waals surface area contributed by atoms with Crippen LogP contribution >= 0.6 is 0 Å². The molecule has 0 N–H and O–H groups in total. The summed E-state index contributed by atoms with van der Waals surface area (Å²) >= 11 is 0. The van der Waals surface area contributed by atoms with Crippen molar-refractivity contribution in [2.24, 2.45) is 0 Å². The lowest BCUT2D eigenvalue weighted by molar-refractivity contribution is -0.458. The Morgan fingerprint density at radius 1 is 0.641 bits per heavy atom. The summed E-state index contributed by atoms with van der Waals surface area (Å²) in [5, 5.41) is -7.95. The van der Waals surface area contributed by atoms with Gasteiger partial charge in [0, 0.05) is 6.42 Å². The summed E-state index contributed by atoms with van der Waals surface area (Å²) in [7, 11) is -7.84. The Balaban J connectivity index is 0. The number of ketones is 1. The van der Waals surface area contributed by atoms with Crippen LogP contribution in [0.25, 0.3) is 0 Å². The third-order valence-electron chi connectivity index (χ3n) is 4.27. The van der Waals surface area contributed by atoms with Crippen LogP contribution in [0.2, 0.25) is 0 Å². The highest BCUT2D eigenvalue weighted by Gasteiger charge is 2.95. The first-order valence-electron chi connectivity index (χ1n) is 9.39. The van der Waals surface area contributed by atoms with Gasteiger partial charge in [0.25, 0.3) is 0 Å². The zero-order chi connectivity index (χ0) is 32.5. The summed E-state index contributed by atoms with van der Waals surface area (Å²) in [6, 6.07) is 0. The predicted octanol–water partition coefficient (Wildman–Crippen LogP) is 6.12. The quantitative estimate of drug-likeness (QED) is 0.144. The molecule has 0 aromatic carbocycles. The monoisotopic (exact) mass is 660 g/mol. The second kappa shape index (κ2) is 11.9. The van der Waals surface area contributed by atoms with Gasteiger partial charge in [0.15, 0.2) is 21.7 Å². The van der Waals surface area contributed by atoms with Crippen molar-refractivity contribution in [1.82, 2.24) is 0 Å². The van der Waals surface area contributed by atoms with E-state index in [4.69, 9.17) is 0 Å². The van der Waals surface area contributed by atoms with E-state index in [-0.39, 0.29) is 0 Å². The molecular formula is C16H17F17O4S2. The minimum atomic E-state index is -8.92. The van der Waals surface area contributed by atoms with Crippen LogP contribution in [-0.4, -0.2) is 84.0 Å². The standard InChI is InChI=1S/C8HF17O3S.C8H17OS/c9-1(10,3(13,14)5(17,18)7(21,22)23)2(11,12)4(15,16)6(19,20)8(24,25)29(26,27)28;1-4-5-6-8(9)7-10(2)3/h(H,26,27,28);4-7H2,1-3H3/q;+1/p-1. The smallest absolute Gasteiger partial charge is 0.460 e. The minimum Gasteiger partial charge on any atom is -0.743 e. The zero-order valence-corrected chi connectivity index (χ0v) is 20.8. The van der Waals surface area contributed by atoms with Crippen LogP contribution in [0.5, 0.6) is 0 Å². The molecular weight excluding hydrogens is 643 g/mol. The molecule has 39 heavy (non-hydrogen) atoms. The Kier molecular flexibility index (Phi) is 12.2. The second-order valence-electron chi connectivity index (χ2n) is 7.69. The van der Waals surface area contributed by atoms with E-state index in [1.54, 1.807) is 0 Å². The van der Waals surface area contributed by atoms with E-state index in [9.17, 15) is 92.4 Å². The number of hydrogen-bond donors (Lipinski definition) is 0. The third kappa shape index (κ3) is 7.15. The van der Waals surface area contributed by atoms with E-state index < -0.39 is 57.1 Å². The molecule has 23 heteroatoms. The Hall–Kier alpha value is -1.26. The Labute approximate surface area is 211 Å². The second-order valence-corrected chi connectivity index (χ2v) is 11.4. The first-order chi connectivity index (χ1) is 16.7. The van der Waals surface area contributed by atoms with Crippen LogP contribution in [0.15, 0.2) is 0 Å². The van der Waals surface area contributed by atoms with Crippen LogP contribution in [0, 0.1) is 0 Å². The van der Waals surface area contributed by atoms with E-state index in [1.165, 1.54) is 0 Å². The van der Waals surface area contributed by atoms with Gasteiger partial charge in [-0.1, -0.05) is 13.3 Å². The third-order valence-corrected chi connectivity index (χ3v) is 6.05. The van der Waals surface area contributed by atoms with E-state index in [0.29, 0.717) is 16.7 Å². The average molecular weight is 660 g/mol. The van der Waals surface area contributed by atoms with Crippen molar-refractivity contribution in [1.29, 1.82) is 0 Å². The maximum absolute atomic E-state index is 13.0. The van der Waals surface area contributed by atoms with Gasteiger partial charge in [-0.25, -0.2) is 8.42 Å². The van der Waals surface area contributed by atoms with Gasteiger partial charge in [-0.2, -0.15) is 74.6 Å². The number of rotatable bonds is 12. The molecule has 0 unspecified atom stereocenters. The molecule has 0 rings (SSSR count). The van der Waals surface area contributed by atoms with E-state index in [0.717, 1.165) is 25.0 Å². The molecule has 0 spiro atoms. The van der Waals surface area contributed by atoms with Crippen LogP contribution in [0.4, 0.5) is 74.6 Å². The Morgan fingerprint density at radius 2 is 0.949 bits per heavy atom. The predicted molar refractivity (Wildman–Crippen MR) is 99.0 cm³/mol. The molecule has 236 valence electrons. The Bertz CT molecular complexity index is 943. The van der Waals surface area contributed by atoms with Gasteiger partial charge in [0.05, 0.1) is 12.5 Å². The van der Waals surface area contributed by atoms with Gasteiger partial charge in [0.1, 0.15) is 0 Å². The molecule has 0 saturated heterocycles. The van der Waals surface area contributed by atoms with Crippen molar-refractivity contribution in [3.8, 4) is 0 Å². The van der Waals surface area contributed by atoms with Gasteiger partial charge in [-0.15, -0.1) is 0 Å². The summed E-state index contributed by atoms with van der Waals surface area (Å²) in [6.45, 7) is 2.12. The highest BCUT2D eigenvalue weighted by Crippen LogP contribution is 2.64. The molecule has 0 aliphatic rings. The summed E-state index contributed by atoms with van der Waals surface area (Å²) in [4.78, 5) is 11.0. The number of hydrogen-bond acceptors (Lipinski definition) is 4. The molecule has 0 aliphatic heterocycles. The number of Topliss-reactive ketones (excluding diaryl/α,β-unsaturated/α-hetero) is 1. The van der Waals surface area contributed by atoms with Crippen molar-refractivity contribution in [3.05, 3.63) is 0 Å². The van der Waals surface area contributed by atoms with Gasteiger partial charge >= 0.3 is 47.0 Å². The summed E-state index contributed by atoms with van der Waals surface area (Å²) in [6.07, 6.45) is -0.672. The normalized spacial score (nSPS) is 15.2. The van der Waals surface area contributed by atoms with E-state index in [2.05, 4.69) is 19.4 Å². The van der Waals surface area contributed by atoms with E-state index in [1.807, 2.05) is 0 Å². The molecule has 0 aliphatic carbocycles. The molecule has 4 nitrogen and oxygen atoms in total. The van der Waals surface area contributed by atoms with Crippen LogP contribution in [0.1, 0.15) is 26.2 Å². The fourth-order valence-electron chi connectivity index (χ4n) is 2.07. The number of alkyl halides is 17. The SMILES string of the molecule is CCCCC(=O)C[S+](C)C.O=S(=O)([O-])C(F)(F)C(F)(F)C(F)(F)C(F)(F)C(F)(F)C(F)(F)C(F)(F)C(F)(F)F. The maximum atomic E-state index is 13.0. The number of carbonyl (C=O) groups excluding carboxylic acids is 1. The van der Waals surface area contributed by atoms with Crippen LogP contribution < -0.4 is 0 Å². The molecule has 0 fully saturated rings. The van der Waals surface area contributed by atoms with Crippen molar-refractivity contribution >= 4 is 26.8 Å². The lowest BCUT2D eigenvalue weighted by Crippen LogP contribution is -2.75. The molecule has 0 amide bonds. The molecule has 0 aromatic heterocycles. The fourth-order valence-corrected chi connectivity index (χ4v) is 3.30. The fraction of sp³-hybridized carbons (Fsp3) is 0.938. The summed E-state index contributed by atoms with van der Waals surface area (Å²) in [5.41, 5.74) is 0. The lowest BCUT2D eigenvalue weighted by Gasteiger charge is -2.42. The largest absolute Gasteiger partial charge is 0.743 e. The van der Waals surface area contributed by atoms with Gasteiger partial charge in [-0.05, 0) is 17.3 Å². The average Bonchev–Trinajstić information content (AvgIpc) is 2.69. The van der Waals surface area contributed by atoms with Crippen LogP contribution in [-0.2, 0) is 25.8 Å². The number of unbranched alkanes of at least 4 members (excludes halogenated alkanes) is 1. The maximum Gasteiger partial charge on any atom is 0.460 e. The van der Waals surface area contributed by atoms with Crippen molar-refractivity contribution < 1.29 is 92.4 Å². The summed E-state index contributed by atoms with van der Waals surface area (Å²) in [5.74, 6) is -50.9. The van der Waals surface area contributed by atoms with Gasteiger partial charge in [0.2, 0.25) is 0 Å².